The Morgan fingerprint density at radius 2 is 1.38 bits per heavy atom. The van der Waals surface area contributed by atoms with Gasteiger partial charge in [0, 0.05) is 10.8 Å². The van der Waals surface area contributed by atoms with Crippen molar-refractivity contribution >= 4 is 95.8 Å². The Hall–Kier alpha value is 0.320. The van der Waals surface area contributed by atoms with Crippen LogP contribution in [0.3, 0.4) is 0 Å². The van der Waals surface area contributed by atoms with Crippen molar-refractivity contribution in [2.24, 2.45) is 0 Å². The van der Waals surface area contributed by atoms with Gasteiger partial charge in [-0.25, -0.2) is 0 Å². The van der Waals surface area contributed by atoms with Crippen LogP contribution in [-0.2, 0) is 20.2 Å². The predicted octanol–water partition coefficient (Wildman–Crippen LogP) is -0.382. The quantitative estimate of drug-likeness (QED) is 0.381. The van der Waals surface area contributed by atoms with E-state index < -0.39 is 30.0 Å². The molecule has 2 aromatic rings. The summed E-state index contributed by atoms with van der Waals surface area (Å²) in [6.45, 7) is 0. The fraction of sp³-hybridized carbons (Fsp3) is 0. The summed E-state index contributed by atoms with van der Waals surface area (Å²) in [5.74, 6) is 0. The monoisotopic (exact) mass is 351 g/mol. The van der Waals surface area contributed by atoms with Crippen LogP contribution in [0.5, 0.6) is 0 Å². The molecule has 0 saturated heterocycles. The average molecular weight is 351 g/mol. The van der Waals surface area contributed by atoms with E-state index in [4.69, 9.17) is 14.8 Å². The van der Waals surface area contributed by atoms with E-state index in [2.05, 4.69) is 0 Å². The number of fused-ring (bicyclic) bond motifs is 1. The van der Waals surface area contributed by atoms with E-state index in [0.29, 0.717) is 0 Å². The number of hydrogen-bond donors (Lipinski definition) is 3. The van der Waals surface area contributed by atoms with Gasteiger partial charge in [0.05, 0.1) is 5.69 Å². The summed E-state index contributed by atoms with van der Waals surface area (Å²) in [5.41, 5.74) is 5.26. The van der Waals surface area contributed by atoms with E-state index in [1.54, 1.807) is 0 Å². The number of nitrogen functional groups attached to an aromatic ring is 1. The maximum absolute atomic E-state index is 11.3. The molecule has 0 bridgehead atoms. The summed E-state index contributed by atoms with van der Waals surface area (Å²) >= 11 is 0. The van der Waals surface area contributed by atoms with E-state index >= 15 is 0 Å². The van der Waals surface area contributed by atoms with Crippen LogP contribution in [0.15, 0.2) is 40.1 Å². The van der Waals surface area contributed by atoms with Crippen LogP contribution in [0.4, 0.5) is 5.69 Å². The summed E-state index contributed by atoms with van der Waals surface area (Å²) < 4.78 is 63.2. The molecule has 0 spiro atoms. The van der Waals surface area contributed by atoms with Crippen LogP contribution in [-0.4, -0.2) is 85.1 Å². The summed E-state index contributed by atoms with van der Waals surface area (Å²) in [4.78, 5) is -1.05. The minimum atomic E-state index is -4.62. The third-order valence-electron chi connectivity index (χ3n) is 2.54. The van der Waals surface area contributed by atoms with Gasteiger partial charge in [-0.3, -0.25) is 9.11 Å². The maximum atomic E-state index is 11.3. The molecule has 0 saturated carbocycles. The Morgan fingerprint density at radius 3 is 1.86 bits per heavy atom. The zero-order valence-corrected chi connectivity index (χ0v) is 10.9. The van der Waals surface area contributed by atoms with Crippen molar-refractivity contribution in [3.05, 3.63) is 30.3 Å². The normalized spacial score (nSPS) is 11.5. The zero-order valence-electron chi connectivity index (χ0n) is 9.31. The summed E-state index contributed by atoms with van der Waals surface area (Å²) in [7, 11) is -9.15. The van der Waals surface area contributed by atoms with Crippen molar-refractivity contribution in [2.75, 3.05) is 5.73 Å². The molecule has 11 heteroatoms. The summed E-state index contributed by atoms with van der Waals surface area (Å²) in [6.07, 6.45) is 0. The molecule has 0 fully saturated rings. The first-order valence-electron chi connectivity index (χ1n) is 4.88. The van der Waals surface area contributed by atoms with Gasteiger partial charge in [-0.1, -0.05) is 18.2 Å². The van der Waals surface area contributed by atoms with Crippen molar-refractivity contribution in [3.63, 3.8) is 0 Å². The Morgan fingerprint density at radius 1 is 0.810 bits per heavy atom. The van der Waals surface area contributed by atoms with Crippen LogP contribution in [0.1, 0.15) is 0 Å². The van der Waals surface area contributed by atoms with Gasteiger partial charge in [0.2, 0.25) is 0 Å². The average Bonchev–Trinajstić information content (AvgIpc) is 2.24. The van der Waals surface area contributed by atoms with Crippen LogP contribution in [0.2, 0.25) is 0 Å². The topological polar surface area (TPSA) is 135 Å². The van der Waals surface area contributed by atoms with E-state index in [-0.39, 0.29) is 75.6 Å². The third kappa shape index (κ3) is 4.41. The minimum absolute atomic E-state index is 0. The molecule has 2 aromatic carbocycles. The van der Waals surface area contributed by atoms with Gasteiger partial charge in [-0.15, -0.1) is 0 Å². The molecule has 0 radical (unpaired) electrons. The van der Waals surface area contributed by atoms with Gasteiger partial charge in [0.1, 0.15) is 9.79 Å². The van der Waals surface area contributed by atoms with Crippen LogP contribution in [0, 0.1) is 0 Å². The van der Waals surface area contributed by atoms with E-state index in [1.165, 1.54) is 18.2 Å². The van der Waals surface area contributed by atoms with Gasteiger partial charge in [0.15, 0.2) is 0 Å². The second-order valence-corrected chi connectivity index (χ2v) is 6.53. The van der Waals surface area contributed by atoms with Crippen molar-refractivity contribution in [3.8, 4) is 0 Å². The van der Waals surface area contributed by atoms with Gasteiger partial charge < -0.3 is 5.73 Å². The summed E-state index contributed by atoms with van der Waals surface area (Å²) in [5, 5.41) is -0.135. The van der Waals surface area contributed by atoms with Crippen molar-refractivity contribution in [1.29, 1.82) is 0 Å². The molecule has 7 nitrogen and oxygen atoms in total. The molecule has 0 unspecified atom stereocenters. The van der Waals surface area contributed by atoms with Crippen LogP contribution < -0.4 is 5.73 Å². The standard InChI is InChI=1S/C10H9NO6S2.2Na.2H/c11-8-5-4-6-7(10(8)19(15,16)17)2-1-3-9(6)18(12,13)14;;;;/h1-5H,11H2,(H,12,13,14)(H,15,16,17);;;;. The van der Waals surface area contributed by atoms with Crippen molar-refractivity contribution in [2.45, 2.75) is 9.79 Å². The first kappa shape index (κ1) is 21.3. The van der Waals surface area contributed by atoms with E-state index in [1.807, 2.05) is 0 Å². The molecule has 0 aliphatic rings. The third-order valence-corrected chi connectivity index (χ3v) is 4.42. The molecular weight excluding hydrogens is 340 g/mol. The first-order valence-corrected chi connectivity index (χ1v) is 7.76. The second kappa shape index (κ2) is 7.26. The van der Waals surface area contributed by atoms with Gasteiger partial charge in [-0.2, -0.15) is 16.8 Å². The second-order valence-electron chi connectivity index (χ2n) is 3.79. The molecular formula is C10H11NNa2O6S2. The Bertz CT molecular complexity index is 880. The Kier molecular flexibility index (Phi) is 7.37. The number of hydrogen-bond acceptors (Lipinski definition) is 5. The molecule has 0 aromatic heterocycles. The predicted molar refractivity (Wildman–Crippen MR) is 82.3 cm³/mol. The molecule has 106 valence electrons. The first-order chi connectivity index (χ1) is 8.62. The number of rotatable bonds is 2. The zero-order chi connectivity index (χ0) is 14.4. The van der Waals surface area contributed by atoms with Crippen LogP contribution >= 0.6 is 0 Å². The molecule has 2 rings (SSSR count). The van der Waals surface area contributed by atoms with Crippen LogP contribution in [0.25, 0.3) is 10.8 Å². The van der Waals surface area contributed by atoms with Gasteiger partial charge in [-0.05, 0) is 12.1 Å². The molecule has 0 aliphatic heterocycles. The van der Waals surface area contributed by atoms with E-state index in [9.17, 15) is 16.8 Å². The number of benzene rings is 2. The van der Waals surface area contributed by atoms with Crippen molar-refractivity contribution < 1.29 is 25.9 Å². The Balaban J connectivity index is 0.00000200. The number of nitrogens with two attached hydrogens (primary N) is 1. The van der Waals surface area contributed by atoms with Gasteiger partial charge in [0.25, 0.3) is 20.2 Å². The molecule has 0 heterocycles. The molecule has 21 heavy (non-hydrogen) atoms. The number of anilines is 1. The Labute approximate surface area is 166 Å². The fourth-order valence-electron chi connectivity index (χ4n) is 1.83. The SMILES string of the molecule is Nc1ccc2c(S(=O)(=O)O)cccc2c1S(=O)(=O)O.[NaH].[NaH]. The molecule has 4 N–H and O–H groups in total. The summed E-state index contributed by atoms with van der Waals surface area (Å²) in [6, 6.07) is 6.02. The van der Waals surface area contributed by atoms with Gasteiger partial charge >= 0.3 is 59.1 Å². The van der Waals surface area contributed by atoms with E-state index in [0.717, 1.165) is 12.1 Å². The fourth-order valence-corrected chi connectivity index (χ4v) is 3.36. The molecule has 0 atom stereocenters. The molecule has 0 aliphatic carbocycles. The molecule has 0 amide bonds. The van der Waals surface area contributed by atoms with Crippen molar-refractivity contribution in [1.82, 2.24) is 0 Å².